The van der Waals surface area contributed by atoms with Gasteiger partial charge in [-0.15, -0.1) is 0 Å². The Morgan fingerprint density at radius 2 is 2.00 bits per heavy atom. The van der Waals surface area contributed by atoms with Crippen molar-refractivity contribution in [2.45, 2.75) is 44.2 Å². The summed E-state index contributed by atoms with van der Waals surface area (Å²) >= 11 is 0. The number of nitrogens with one attached hydrogen (secondary N) is 2. The van der Waals surface area contributed by atoms with Crippen molar-refractivity contribution in [3.8, 4) is 0 Å². The summed E-state index contributed by atoms with van der Waals surface area (Å²) in [5.74, 6) is 0.564. The molecule has 0 radical (unpaired) electrons. The van der Waals surface area contributed by atoms with E-state index in [0.717, 1.165) is 44.3 Å². The Kier molecular flexibility index (Phi) is 4.56. The van der Waals surface area contributed by atoms with Gasteiger partial charge in [-0.2, -0.15) is 0 Å². The van der Waals surface area contributed by atoms with E-state index >= 15 is 0 Å². The maximum atomic E-state index is 12.5. The number of rotatable bonds is 3. The van der Waals surface area contributed by atoms with Crippen molar-refractivity contribution < 1.29 is 9.90 Å². The summed E-state index contributed by atoms with van der Waals surface area (Å²) < 4.78 is 0. The van der Waals surface area contributed by atoms with Gasteiger partial charge < -0.3 is 15.7 Å². The lowest BCUT2D eigenvalue weighted by molar-refractivity contribution is -0.122. The summed E-state index contributed by atoms with van der Waals surface area (Å²) in [6, 6.07) is 8.18. The van der Waals surface area contributed by atoms with Gasteiger partial charge in [0.15, 0.2) is 0 Å². The highest BCUT2D eigenvalue weighted by Crippen LogP contribution is 2.25. The van der Waals surface area contributed by atoms with Gasteiger partial charge in [0.1, 0.15) is 0 Å². The first-order chi connectivity index (χ1) is 10.2. The van der Waals surface area contributed by atoms with Crippen LogP contribution in [-0.2, 0) is 11.3 Å². The zero-order valence-corrected chi connectivity index (χ0v) is 12.3. The number of benzene rings is 1. The second kappa shape index (κ2) is 6.58. The molecular formula is C17H24N2O2. The van der Waals surface area contributed by atoms with Crippen LogP contribution in [0.3, 0.4) is 0 Å². The molecule has 1 aromatic carbocycles. The molecule has 1 unspecified atom stereocenters. The minimum Gasteiger partial charge on any atom is -0.393 e. The lowest BCUT2D eigenvalue weighted by atomic mass is 9.87. The fourth-order valence-electron chi connectivity index (χ4n) is 3.45. The molecule has 1 fully saturated rings. The standard InChI is InChI=1S/C17H24N2O2/c20-14-7-5-12(6-8-14)9-19-17(21)16-11-18-10-13-3-1-2-4-15(13)16/h1-4,12,14,16,18,20H,5-11H2,(H,19,21). The summed E-state index contributed by atoms with van der Waals surface area (Å²) in [6.07, 6.45) is 3.64. The van der Waals surface area contributed by atoms with Crippen LogP contribution < -0.4 is 10.6 Å². The molecule has 3 N–H and O–H groups in total. The predicted molar refractivity (Wildman–Crippen MR) is 81.9 cm³/mol. The third-order valence-corrected chi connectivity index (χ3v) is 4.79. The van der Waals surface area contributed by atoms with Crippen LogP contribution >= 0.6 is 0 Å². The van der Waals surface area contributed by atoms with E-state index in [1.165, 1.54) is 5.56 Å². The highest BCUT2D eigenvalue weighted by Gasteiger charge is 2.27. The van der Waals surface area contributed by atoms with Crippen LogP contribution in [0.1, 0.15) is 42.7 Å². The lowest BCUT2D eigenvalue weighted by Gasteiger charge is -2.28. The van der Waals surface area contributed by atoms with Crippen molar-refractivity contribution in [2.75, 3.05) is 13.1 Å². The van der Waals surface area contributed by atoms with E-state index in [1.807, 2.05) is 12.1 Å². The van der Waals surface area contributed by atoms with Crippen molar-refractivity contribution in [2.24, 2.45) is 5.92 Å². The van der Waals surface area contributed by atoms with E-state index in [9.17, 15) is 9.90 Å². The molecule has 0 bridgehead atoms. The van der Waals surface area contributed by atoms with Crippen molar-refractivity contribution >= 4 is 5.91 Å². The van der Waals surface area contributed by atoms with Gasteiger partial charge in [0.2, 0.25) is 5.91 Å². The third-order valence-electron chi connectivity index (χ3n) is 4.79. The Labute approximate surface area is 125 Å². The van der Waals surface area contributed by atoms with Crippen molar-refractivity contribution in [3.63, 3.8) is 0 Å². The van der Waals surface area contributed by atoms with Gasteiger partial charge in [0, 0.05) is 19.6 Å². The minimum absolute atomic E-state index is 0.0795. The van der Waals surface area contributed by atoms with Gasteiger partial charge in [-0.05, 0) is 42.7 Å². The highest BCUT2D eigenvalue weighted by molar-refractivity contribution is 5.84. The number of fused-ring (bicyclic) bond motifs is 1. The molecule has 0 aromatic heterocycles. The number of aliphatic hydroxyl groups is 1. The van der Waals surface area contributed by atoms with E-state index in [4.69, 9.17) is 0 Å². The zero-order chi connectivity index (χ0) is 14.7. The van der Waals surface area contributed by atoms with Gasteiger partial charge in [-0.1, -0.05) is 24.3 Å². The number of hydrogen-bond acceptors (Lipinski definition) is 3. The molecule has 1 aromatic rings. The fraction of sp³-hybridized carbons (Fsp3) is 0.588. The van der Waals surface area contributed by atoms with E-state index in [0.29, 0.717) is 12.5 Å². The molecule has 4 heteroatoms. The Balaban J connectivity index is 1.57. The average Bonchev–Trinajstić information content (AvgIpc) is 2.53. The molecule has 1 amide bonds. The molecule has 114 valence electrons. The first-order valence-corrected chi connectivity index (χ1v) is 7.98. The van der Waals surface area contributed by atoms with Gasteiger partial charge in [-0.3, -0.25) is 4.79 Å². The number of hydrogen-bond donors (Lipinski definition) is 3. The van der Waals surface area contributed by atoms with Crippen LogP contribution in [0.15, 0.2) is 24.3 Å². The van der Waals surface area contributed by atoms with Crippen LogP contribution in [0, 0.1) is 5.92 Å². The van der Waals surface area contributed by atoms with Crippen LogP contribution in [-0.4, -0.2) is 30.2 Å². The number of carbonyl (C=O) groups excluding carboxylic acids is 1. The van der Waals surface area contributed by atoms with Crippen molar-refractivity contribution in [3.05, 3.63) is 35.4 Å². The van der Waals surface area contributed by atoms with Crippen LogP contribution in [0.4, 0.5) is 0 Å². The fourth-order valence-corrected chi connectivity index (χ4v) is 3.45. The van der Waals surface area contributed by atoms with Gasteiger partial charge in [-0.25, -0.2) is 0 Å². The Morgan fingerprint density at radius 3 is 2.81 bits per heavy atom. The Bertz CT molecular complexity index is 495. The summed E-state index contributed by atoms with van der Waals surface area (Å²) in [5, 5.41) is 16.0. The summed E-state index contributed by atoms with van der Waals surface area (Å²) in [7, 11) is 0. The minimum atomic E-state index is -0.133. The first kappa shape index (κ1) is 14.5. The number of amides is 1. The smallest absolute Gasteiger partial charge is 0.228 e. The highest BCUT2D eigenvalue weighted by atomic mass is 16.3. The van der Waals surface area contributed by atoms with E-state index in [1.54, 1.807) is 0 Å². The Morgan fingerprint density at radius 1 is 1.24 bits per heavy atom. The lowest BCUT2D eigenvalue weighted by Crippen LogP contribution is -2.41. The molecular weight excluding hydrogens is 264 g/mol. The van der Waals surface area contributed by atoms with Gasteiger partial charge >= 0.3 is 0 Å². The molecule has 4 nitrogen and oxygen atoms in total. The zero-order valence-electron chi connectivity index (χ0n) is 12.3. The van der Waals surface area contributed by atoms with Gasteiger partial charge in [0.05, 0.1) is 12.0 Å². The summed E-state index contributed by atoms with van der Waals surface area (Å²) in [5.41, 5.74) is 2.39. The van der Waals surface area contributed by atoms with Crippen molar-refractivity contribution in [1.82, 2.24) is 10.6 Å². The van der Waals surface area contributed by atoms with Crippen LogP contribution in [0.25, 0.3) is 0 Å². The third kappa shape index (κ3) is 3.44. The monoisotopic (exact) mass is 288 g/mol. The van der Waals surface area contributed by atoms with Crippen LogP contribution in [0.5, 0.6) is 0 Å². The summed E-state index contributed by atoms with van der Waals surface area (Å²) in [6.45, 7) is 2.30. The van der Waals surface area contributed by atoms with Gasteiger partial charge in [0.25, 0.3) is 0 Å². The maximum Gasteiger partial charge on any atom is 0.228 e. The maximum absolute atomic E-state index is 12.5. The molecule has 21 heavy (non-hydrogen) atoms. The van der Waals surface area contributed by atoms with E-state index in [2.05, 4.69) is 22.8 Å². The first-order valence-electron chi connectivity index (χ1n) is 7.98. The van der Waals surface area contributed by atoms with Crippen LogP contribution in [0.2, 0.25) is 0 Å². The molecule has 0 spiro atoms. The van der Waals surface area contributed by atoms with E-state index < -0.39 is 0 Å². The molecule has 1 atom stereocenters. The normalized spacial score (nSPS) is 28.7. The number of carbonyl (C=O) groups is 1. The summed E-state index contributed by atoms with van der Waals surface area (Å²) in [4.78, 5) is 12.5. The predicted octanol–water partition coefficient (Wildman–Crippen LogP) is 1.54. The SMILES string of the molecule is O=C(NCC1CCC(O)CC1)C1CNCc2ccccc21. The molecule has 1 heterocycles. The molecule has 1 aliphatic heterocycles. The second-order valence-corrected chi connectivity index (χ2v) is 6.30. The van der Waals surface area contributed by atoms with Crippen molar-refractivity contribution in [1.29, 1.82) is 0 Å². The molecule has 1 aliphatic carbocycles. The Hall–Kier alpha value is -1.39. The second-order valence-electron chi connectivity index (χ2n) is 6.30. The molecule has 2 aliphatic rings. The van der Waals surface area contributed by atoms with E-state index in [-0.39, 0.29) is 17.9 Å². The molecule has 0 saturated heterocycles. The molecule has 1 saturated carbocycles. The quantitative estimate of drug-likeness (QED) is 0.790. The molecule has 3 rings (SSSR count). The average molecular weight is 288 g/mol. The number of aliphatic hydroxyl groups excluding tert-OH is 1. The largest absolute Gasteiger partial charge is 0.393 e. The topological polar surface area (TPSA) is 61.4 Å².